The van der Waals surface area contributed by atoms with Gasteiger partial charge in [-0.05, 0) is 32.8 Å². The maximum Gasteiger partial charge on any atom is 0.237 e. The van der Waals surface area contributed by atoms with E-state index in [1.165, 1.54) is 16.8 Å². The van der Waals surface area contributed by atoms with Crippen molar-refractivity contribution in [1.29, 1.82) is 0 Å². The zero-order valence-corrected chi connectivity index (χ0v) is 14.7. The lowest BCUT2D eigenvalue weighted by Gasteiger charge is -2.35. The molecule has 1 saturated heterocycles. The van der Waals surface area contributed by atoms with Crippen LogP contribution in [-0.2, 0) is 24.3 Å². The predicted octanol–water partition coefficient (Wildman–Crippen LogP) is 2.06. The number of amides is 1. The number of nitrogens with zero attached hydrogens (tertiary/aromatic N) is 3. The van der Waals surface area contributed by atoms with Gasteiger partial charge in [-0.2, -0.15) is 5.10 Å². The van der Waals surface area contributed by atoms with Crippen molar-refractivity contribution in [1.82, 2.24) is 20.0 Å². The van der Waals surface area contributed by atoms with Crippen LogP contribution >= 0.6 is 0 Å². The standard InChI is InChI=1S/C19H26N4O/c1-4-23-15(3)17(14(2)21-23)13-22-11-10-20-19(24)18(22)12-16-8-6-5-7-9-16/h5-9,18H,4,10-13H2,1-3H3,(H,20,24)/t18-/m0/s1. The Morgan fingerprint density at radius 3 is 2.67 bits per heavy atom. The third-order valence-corrected chi connectivity index (χ3v) is 4.91. The van der Waals surface area contributed by atoms with Crippen LogP contribution in [0.4, 0.5) is 0 Å². The van der Waals surface area contributed by atoms with Crippen molar-refractivity contribution in [3.63, 3.8) is 0 Å². The number of rotatable bonds is 5. The molecule has 2 heterocycles. The van der Waals surface area contributed by atoms with E-state index in [2.05, 4.69) is 48.2 Å². The van der Waals surface area contributed by atoms with Crippen molar-refractivity contribution in [2.75, 3.05) is 13.1 Å². The Labute approximate surface area is 143 Å². The molecule has 0 unspecified atom stereocenters. The van der Waals surface area contributed by atoms with Crippen LogP contribution in [0.25, 0.3) is 0 Å². The summed E-state index contributed by atoms with van der Waals surface area (Å²) in [7, 11) is 0. The Kier molecular flexibility index (Phi) is 5.00. The summed E-state index contributed by atoms with van der Waals surface area (Å²) >= 11 is 0. The molecule has 0 aliphatic carbocycles. The highest BCUT2D eigenvalue weighted by Gasteiger charge is 2.30. The molecule has 0 radical (unpaired) electrons. The lowest BCUT2D eigenvalue weighted by Crippen LogP contribution is -2.55. The monoisotopic (exact) mass is 326 g/mol. The van der Waals surface area contributed by atoms with Gasteiger partial charge in [0.05, 0.1) is 11.7 Å². The number of piperazine rings is 1. The molecule has 1 aliphatic rings. The van der Waals surface area contributed by atoms with Crippen LogP contribution in [0.3, 0.4) is 0 Å². The molecule has 128 valence electrons. The first kappa shape index (κ1) is 16.7. The minimum Gasteiger partial charge on any atom is -0.353 e. The lowest BCUT2D eigenvalue weighted by molar-refractivity contribution is -0.129. The number of carbonyl (C=O) groups excluding carboxylic acids is 1. The van der Waals surface area contributed by atoms with Crippen LogP contribution in [0.5, 0.6) is 0 Å². The molecule has 2 aromatic rings. The van der Waals surface area contributed by atoms with E-state index in [9.17, 15) is 4.79 Å². The fourth-order valence-corrected chi connectivity index (χ4v) is 3.48. The van der Waals surface area contributed by atoms with Gasteiger partial charge in [-0.1, -0.05) is 30.3 Å². The Balaban J connectivity index is 1.82. The van der Waals surface area contributed by atoms with Gasteiger partial charge in [-0.25, -0.2) is 0 Å². The topological polar surface area (TPSA) is 50.2 Å². The van der Waals surface area contributed by atoms with Gasteiger partial charge in [-0.15, -0.1) is 0 Å². The lowest BCUT2D eigenvalue weighted by atomic mass is 10.0. The van der Waals surface area contributed by atoms with Gasteiger partial charge < -0.3 is 5.32 Å². The average molecular weight is 326 g/mol. The van der Waals surface area contributed by atoms with Crippen molar-refractivity contribution in [3.05, 3.63) is 52.8 Å². The van der Waals surface area contributed by atoms with Crippen LogP contribution in [-0.4, -0.2) is 39.7 Å². The third kappa shape index (κ3) is 3.36. The molecule has 0 bridgehead atoms. The molecular weight excluding hydrogens is 300 g/mol. The fourth-order valence-electron chi connectivity index (χ4n) is 3.48. The van der Waals surface area contributed by atoms with E-state index in [4.69, 9.17) is 0 Å². The molecule has 1 amide bonds. The van der Waals surface area contributed by atoms with Crippen molar-refractivity contribution >= 4 is 5.91 Å². The molecule has 0 saturated carbocycles. The molecule has 5 nitrogen and oxygen atoms in total. The Morgan fingerprint density at radius 2 is 2.00 bits per heavy atom. The Morgan fingerprint density at radius 1 is 1.25 bits per heavy atom. The number of hydrogen-bond acceptors (Lipinski definition) is 3. The molecule has 1 aliphatic heterocycles. The maximum atomic E-state index is 12.5. The van der Waals surface area contributed by atoms with Crippen molar-refractivity contribution < 1.29 is 4.79 Å². The van der Waals surface area contributed by atoms with Gasteiger partial charge in [-0.3, -0.25) is 14.4 Å². The third-order valence-electron chi connectivity index (χ3n) is 4.91. The molecule has 1 aromatic carbocycles. The van der Waals surface area contributed by atoms with E-state index < -0.39 is 0 Å². The van der Waals surface area contributed by atoms with Crippen LogP contribution in [0, 0.1) is 13.8 Å². The van der Waals surface area contributed by atoms with Crippen LogP contribution in [0.2, 0.25) is 0 Å². The van der Waals surface area contributed by atoms with Gasteiger partial charge in [0.25, 0.3) is 0 Å². The second-order valence-electron chi connectivity index (χ2n) is 6.43. The molecule has 1 N–H and O–H groups in total. The van der Waals surface area contributed by atoms with E-state index in [1.54, 1.807) is 0 Å². The predicted molar refractivity (Wildman–Crippen MR) is 94.7 cm³/mol. The Bertz CT molecular complexity index is 708. The molecular formula is C19H26N4O. The van der Waals surface area contributed by atoms with Gasteiger partial charge in [0.15, 0.2) is 0 Å². The molecule has 1 fully saturated rings. The zero-order chi connectivity index (χ0) is 17.1. The normalized spacial score (nSPS) is 18.6. The smallest absolute Gasteiger partial charge is 0.237 e. The van der Waals surface area contributed by atoms with Crippen LogP contribution < -0.4 is 5.32 Å². The first-order chi connectivity index (χ1) is 11.6. The number of nitrogens with one attached hydrogen (secondary N) is 1. The highest BCUT2D eigenvalue weighted by molar-refractivity contribution is 5.82. The maximum absolute atomic E-state index is 12.5. The average Bonchev–Trinajstić information content (AvgIpc) is 2.86. The number of carbonyl (C=O) groups is 1. The summed E-state index contributed by atoms with van der Waals surface area (Å²) in [6, 6.07) is 10.1. The minimum absolute atomic E-state index is 0.120. The summed E-state index contributed by atoms with van der Waals surface area (Å²) in [6.45, 7) is 9.53. The number of benzene rings is 1. The number of hydrogen-bond donors (Lipinski definition) is 1. The summed E-state index contributed by atoms with van der Waals surface area (Å²) in [5.41, 5.74) is 4.73. The summed E-state index contributed by atoms with van der Waals surface area (Å²) in [5, 5.41) is 7.62. The Hall–Kier alpha value is -2.14. The van der Waals surface area contributed by atoms with E-state index in [0.717, 1.165) is 31.7 Å². The van der Waals surface area contributed by atoms with Gasteiger partial charge >= 0.3 is 0 Å². The van der Waals surface area contributed by atoms with Gasteiger partial charge in [0.1, 0.15) is 0 Å². The van der Waals surface area contributed by atoms with Gasteiger partial charge in [0.2, 0.25) is 5.91 Å². The summed E-state index contributed by atoms with van der Waals surface area (Å²) in [4.78, 5) is 14.8. The molecule has 24 heavy (non-hydrogen) atoms. The quantitative estimate of drug-likeness (QED) is 0.915. The highest BCUT2D eigenvalue weighted by atomic mass is 16.2. The van der Waals surface area contributed by atoms with Crippen molar-refractivity contribution in [2.24, 2.45) is 0 Å². The number of aryl methyl sites for hydroxylation is 2. The largest absolute Gasteiger partial charge is 0.353 e. The highest BCUT2D eigenvalue weighted by Crippen LogP contribution is 2.20. The summed E-state index contributed by atoms with van der Waals surface area (Å²) < 4.78 is 2.04. The minimum atomic E-state index is -0.120. The molecule has 1 aromatic heterocycles. The van der Waals surface area contributed by atoms with Crippen molar-refractivity contribution in [3.8, 4) is 0 Å². The second kappa shape index (κ2) is 7.18. The van der Waals surface area contributed by atoms with Crippen LogP contribution in [0.15, 0.2) is 30.3 Å². The number of aromatic nitrogens is 2. The molecule has 0 spiro atoms. The van der Waals surface area contributed by atoms with Crippen molar-refractivity contribution in [2.45, 2.75) is 46.3 Å². The zero-order valence-electron chi connectivity index (χ0n) is 14.7. The molecule has 3 rings (SSSR count). The summed E-state index contributed by atoms with van der Waals surface area (Å²) in [5.74, 6) is 0.128. The van der Waals surface area contributed by atoms with E-state index >= 15 is 0 Å². The van der Waals surface area contributed by atoms with Crippen LogP contribution in [0.1, 0.15) is 29.4 Å². The summed E-state index contributed by atoms with van der Waals surface area (Å²) in [6.07, 6.45) is 0.743. The molecule has 5 heteroatoms. The van der Waals surface area contributed by atoms with E-state index in [0.29, 0.717) is 6.54 Å². The van der Waals surface area contributed by atoms with E-state index in [1.807, 2.05) is 22.9 Å². The molecule has 1 atom stereocenters. The fraction of sp³-hybridized carbons (Fsp3) is 0.474. The second-order valence-corrected chi connectivity index (χ2v) is 6.43. The first-order valence-corrected chi connectivity index (χ1v) is 8.68. The van der Waals surface area contributed by atoms with Gasteiger partial charge in [0, 0.05) is 37.4 Å². The first-order valence-electron chi connectivity index (χ1n) is 8.68. The SMILES string of the molecule is CCn1nc(C)c(CN2CCNC(=O)[C@@H]2Cc2ccccc2)c1C. The van der Waals surface area contributed by atoms with E-state index in [-0.39, 0.29) is 11.9 Å².